The zero-order chi connectivity index (χ0) is 27.0. The average molecular weight is 568 g/mol. The van der Waals surface area contributed by atoms with Gasteiger partial charge in [-0.05, 0) is 44.5 Å². The molecule has 2 aromatic carbocycles. The topological polar surface area (TPSA) is 105 Å². The van der Waals surface area contributed by atoms with Crippen molar-refractivity contribution in [2.24, 2.45) is 4.99 Å². The largest absolute Gasteiger partial charge is 0.444 e. The zero-order valence-electron chi connectivity index (χ0n) is 20.5. The van der Waals surface area contributed by atoms with Crippen molar-refractivity contribution < 1.29 is 27.1 Å². The van der Waals surface area contributed by atoms with Gasteiger partial charge in [0, 0.05) is 17.4 Å². The highest BCUT2D eigenvalue weighted by Gasteiger charge is 2.49. The van der Waals surface area contributed by atoms with Crippen LogP contribution in [0.4, 0.5) is 14.9 Å². The number of alkyl carbamates (subject to hydrolysis) is 1. The Hall–Kier alpha value is -2.63. The van der Waals surface area contributed by atoms with Crippen LogP contribution in [-0.2, 0) is 25.8 Å². The van der Waals surface area contributed by atoms with E-state index in [0.717, 1.165) is 5.56 Å². The predicted molar refractivity (Wildman–Crippen MR) is 143 cm³/mol. The van der Waals surface area contributed by atoms with Crippen molar-refractivity contribution in [2.75, 3.05) is 16.4 Å². The lowest BCUT2D eigenvalue weighted by atomic mass is 10.1. The van der Waals surface area contributed by atoms with E-state index in [1.54, 1.807) is 25.7 Å². The van der Waals surface area contributed by atoms with Gasteiger partial charge in [0.25, 0.3) is 5.91 Å². The number of aliphatic imine (C=N–C) groups is 1. The number of nitrogens with one attached hydrogen (secondary N) is 1. The Labute approximate surface area is 224 Å². The van der Waals surface area contributed by atoms with E-state index in [-0.39, 0.29) is 33.4 Å². The molecule has 4 rings (SSSR count). The Kier molecular flexibility index (Phi) is 7.87. The number of amides is 2. The number of nitrogens with zero attached hydrogens (tertiary/aromatic N) is 2. The van der Waals surface area contributed by atoms with Crippen LogP contribution in [0.25, 0.3) is 0 Å². The van der Waals surface area contributed by atoms with Crippen LogP contribution in [0.5, 0.6) is 0 Å². The summed E-state index contributed by atoms with van der Waals surface area (Å²) in [4.78, 5) is 31.9. The number of halogens is 2. The number of fused-ring (bicyclic) bond motifs is 1. The fraction of sp³-hybridized carbons (Fsp3) is 0.400. The second kappa shape index (κ2) is 10.6. The van der Waals surface area contributed by atoms with Gasteiger partial charge in [0.2, 0.25) is 0 Å². The molecule has 0 aliphatic carbocycles. The average Bonchev–Trinajstić information content (AvgIpc) is 3.25. The molecule has 0 bridgehead atoms. The van der Waals surface area contributed by atoms with Gasteiger partial charge in [-0.3, -0.25) is 4.79 Å². The van der Waals surface area contributed by atoms with E-state index in [4.69, 9.17) is 16.3 Å². The third kappa shape index (κ3) is 6.82. The second-order valence-electron chi connectivity index (χ2n) is 9.89. The molecule has 0 aromatic heterocycles. The lowest BCUT2D eigenvalue weighted by Gasteiger charge is -2.25. The molecule has 2 aliphatic heterocycles. The van der Waals surface area contributed by atoms with Gasteiger partial charge in [-0.1, -0.05) is 53.7 Å². The van der Waals surface area contributed by atoms with Gasteiger partial charge in [-0.15, -0.1) is 0 Å². The monoisotopic (exact) mass is 567 g/mol. The summed E-state index contributed by atoms with van der Waals surface area (Å²) >= 11 is 7.17. The Morgan fingerprint density at radius 1 is 1.22 bits per heavy atom. The summed E-state index contributed by atoms with van der Waals surface area (Å²) in [5, 5.41) is 2.40. The Balaban J connectivity index is 1.66. The van der Waals surface area contributed by atoms with E-state index >= 15 is 0 Å². The van der Waals surface area contributed by atoms with Crippen LogP contribution >= 0.6 is 23.4 Å². The number of carbonyl (C=O) groups excluding carboxylic acids is 2. The Morgan fingerprint density at radius 3 is 2.57 bits per heavy atom. The van der Waals surface area contributed by atoms with Crippen molar-refractivity contribution in [1.29, 1.82) is 0 Å². The maximum Gasteiger partial charge on any atom is 0.408 e. The summed E-state index contributed by atoms with van der Waals surface area (Å²) in [6, 6.07) is 11.7. The molecule has 2 heterocycles. The highest BCUT2D eigenvalue weighted by Crippen LogP contribution is 2.41. The lowest BCUT2D eigenvalue weighted by molar-refractivity contribution is -0.119. The van der Waals surface area contributed by atoms with Gasteiger partial charge >= 0.3 is 6.09 Å². The van der Waals surface area contributed by atoms with Crippen molar-refractivity contribution in [2.45, 2.75) is 50.1 Å². The van der Waals surface area contributed by atoms with Gasteiger partial charge in [0.05, 0.1) is 22.6 Å². The number of rotatable bonds is 5. The molecular weight excluding hydrogens is 541 g/mol. The van der Waals surface area contributed by atoms with Crippen molar-refractivity contribution >= 4 is 56.1 Å². The second-order valence-corrected chi connectivity index (χ2v) is 13.7. The molecule has 198 valence electrons. The highest BCUT2D eigenvalue weighted by atomic mass is 35.5. The van der Waals surface area contributed by atoms with Crippen molar-refractivity contribution in [3.8, 4) is 0 Å². The molecule has 2 aliphatic rings. The molecule has 8 nitrogen and oxygen atoms in total. The van der Waals surface area contributed by atoms with E-state index in [1.165, 1.54) is 30.0 Å². The van der Waals surface area contributed by atoms with E-state index in [0.29, 0.717) is 5.69 Å². The molecule has 2 aromatic rings. The summed E-state index contributed by atoms with van der Waals surface area (Å²) in [5.74, 6) is -1.44. The normalized spacial score (nSPS) is 22.5. The van der Waals surface area contributed by atoms with Crippen LogP contribution in [0.15, 0.2) is 53.5 Å². The first-order chi connectivity index (χ1) is 17.3. The van der Waals surface area contributed by atoms with Crippen LogP contribution in [0.3, 0.4) is 0 Å². The summed E-state index contributed by atoms with van der Waals surface area (Å²) in [6.07, 6.45) is -0.588. The number of thioether (sulfide) groups is 1. The van der Waals surface area contributed by atoms with E-state index in [9.17, 15) is 22.4 Å². The minimum absolute atomic E-state index is 0.0649. The number of carbonyl (C=O) groups is 2. The molecule has 3 atom stereocenters. The summed E-state index contributed by atoms with van der Waals surface area (Å²) in [5.41, 5.74) is 0.468. The Bertz CT molecular complexity index is 1330. The first-order valence-electron chi connectivity index (χ1n) is 11.6. The molecule has 0 saturated carbocycles. The van der Waals surface area contributed by atoms with Crippen LogP contribution in [0.2, 0.25) is 5.02 Å². The summed E-state index contributed by atoms with van der Waals surface area (Å²) in [7, 11) is -3.29. The fourth-order valence-electron chi connectivity index (χ4n) is 4.17. The molecule has 37 heavy (non-hydrogen) atoms. The SMILES string of the molecule is CC(C)(C)OC(=O)N[C@H](Cc1ccccc1)C(=O)N=C1S[C@H]2CS(=O)(=O)C[C@H]2N1c1ccc(F)c(Cl)c1. The third-order valence-corrected chi connectivity index (χ3v) is 9.22. The van der Waals surface area contributed by atoms with Gasteiger partial charge in [-0.2, -0.15) is 4.99 Å². The molecule has 0 unspecified atom stereocenters. The van der Waals surface area contributed by atoms with Gasteiger partial charge < -0.3 is 15.0 Å². The van der Waals surface area contributed by atoms with Crippen LogP contribution in [-0.4, -0.2) is 60.0 Å². The van der Waals surface area contributed by atoms with Gasteiger partial charge in [0.15, 0.2) is 15.0 Å². The number of benzene rings is 2. The van der Waals surface area contributed by atoms with Crippen molar-refractivity contribution in [3.05, 3.63) is 64.9 Å². The quantitative estimate of drug-likeness (QED) is 0.577. The van der Waals surface area contributed by atoms with Crippen LogP contribution in [0.1, 0.15) is 26.3 Å². The van der Waals surface area contributed by atoms with Crippen molar-refractivity contribution in [1.82, 2.24) is 5.32 Å². The molecule has 2 amide bonds. The number of amidine groups is 1. The maximum atomic E-state index is 13.8. The fourth-order valence-corrected chi connectivity index (χ4v) is 8.27. The molecule has 0 spiro atoms. The molecule has 12 heteroatoms. The van der Waals surface area contributed by atoms with E-state index in [1.807, 2.05) is 30.3 Å². The molecule has 1 N–H and O–H groups in total. The molecular formula is C25H27ClFN3O5S2. The predicted octanol–water partition coefficient (Wildman–Crippen LogP) is 4.22. The molecule has 2 fully saturated rings. The number of anilines is 1. The minimum atomic E-state index is -3.29. The zero-order valence-corrected chi connectivity index (χ0v) is 22.9. The Morgan fingerprint density at radius 2 is 1.92 bits per heavy atom. The molecule has 0 radical (unpaired) electrons. The maximum absolute atomic E-state index is 13.8. The third-order valence-electron chi connectivity index (χ3n) is 5.73. The first-order valence-corrected chi connectivity index (χ1v) is 14.7. The van der Waals surface area contributed by atoms with Crippen LogP contribution in [0, 0.1) is 5.82 Å². The van der Waals surface area contributed by atoms with Crippen molar-refractivity contribution in [3.63, 3.8) is 0 Å². The number of hydrogen-bond donors (Lipinski definition) is 1. The standard InChI is InChI=1S/C25H27ClFN3O5S2/c1-25(2,3)35-24(32)28-19(11-15-7-5-4-6-8-15)22(31)29-23-30(16-9-10-18(27)17(26)12-16)20-13-37(33,34)14-21(20)36-23/h4-10,12,19-21H,11,13-14H2,1-3H3,(H,28,32)/t19-,20-,21+/m1/s1. The highest BCUT2D eigenvalue weighted by molar-refractivity contribution is 8.16. The smallest absolute Gasteiger partial charge is 0.408 e. The van der Waals surface area contributed by atoms with Gasteiger partial charge in [0.1, 0.15) is 17.5 Å². The summed E-state index contributed by atoms with van der Waals surface area (Å²) in [6.45, 7) is 5.15. The van der Waals surface area contributed by atoms with E-state index in [2.05, 4.69) is 10.3 Å². The molecule has 2 saturated heterocycles. The number of hydrogen-bond acceptors (Lipinski definition) is 6. The number of sulfone groups is 1. The van der Waals surface area contributed by atoms with Crippen LogP contribution < -0.4 is 10.2 Å². The lowest BCUT2D eigenvalue weighted by Crippen LogP contribution is -2.45. The number of ether oxygens (including phenoxy) is 1. The summed E-state index contributed by atoms with van der Waals surface area (Å²) < 4.78 is 43.8. The van der Waals surface area contributed by atoms with Gasteiger partial charge in [-0.25, -0.2) is 17.6 Å². The van der Waals surface area contributed by atoms with E-state index < -0.39 is 45.3 Å². The minimum Gasteiger partial charge on any atom is -0.444 e. The first kappa shape index (κ1) is 27.4.